The number of alkyl halides is 1. The smallest absolute Gasteiger partial charge is 0.303 e. The zero-order chi connectivity index (χ0) is 22.3. The van der Waals surface area contributed by atoms with Crippen molar-refractivity contribution in [3.8, 4) is 0 Å². The molecule has 4 aliphatic rings. The number of hydrogen-bond donors (Lipinski definition) is 2. The molecule has 0 aromatic rings. The highest BCUT2D eigenvalue weighted by Crippen LogP contribution is 2.71. The second-order valence-electron chi connectivity index (χ2n) is 11.3. The van der Waals surface area contributed by atoms with Gasteiger partial charge in [-0.25, -0.2) is 4.39 Å². The van der Waals surface area contributed by atoms with Gasteiger partial charge in [0.25, 0.3) is 0 Å². The monoisotopic (exact) mass is 424 g/mol. The lowest BCUT2D eigenvalue weighted by Crippen LogP contribution is -2.69. The van der Waals surface area contributed by atoms with E-state index in [1.165, 1.54) is 13.8 Å². The molecule has 0 saturated heterocycles. The highest BCUT2D eigenvalue weighted by Gasteiger charge is 2.73. The molecule has 2 N–H and O–H groups in total. The summed E-state index contributed by atoms with van der Waals surface area (Å²) in [5.41, 5.74) is -3.80. The Morgan fingerprint density at radius 3 is 2.27 bits per heavy atom. The normalized spacial score (nSPS) is 55.2. The molecule has 4 saturated carbocycles. The van der Waals surface area contributed by atoms with Crippen LogP contribution in [0.15, 0.2) is 0 Å². The molecule has 0 aromatic carbocycles. The Morgan fingerprint density at radius 2 is 1.67 bits per heavy atom. The minimum atomic E-state index is -1.37. The van der Waals surface area contributed by atoms with E-state index in [0.717, 1.165) is 6.42 Å². The molecule has 0 aliphatic heterocycles. The van der Waals surface area contributed by atoms with E-state index in [1.54, 1.807) is 0 Å². The number of carbonyl (C=O) groups excluding carboxylic acids is 2. The van der Waals surface area contributed by atoms with Crippen molar-refractivity contribution in [1.29, 1.82) is 0 Å². The van der Waals surface area contributed by atoms with E-state index in [1.807, 2.05) is 20.8 Å². The van der Waals surface area contributed by atoms with Gasteiger partial charge in [-0.15, -0.1) is 0 Å². The van der Waals surface area contributed by atoms with Gasteiger partial charge >= 0.3 is 5.97 Å². The predicted molar refractivity (Wildman–Crippen MR) is 109 cm³/mol. The summed E-state index contributed by atoms with van der Waals surface area (Å²) in [5, 5.41) is 21.9. The molecule has 0 aromatic heterocycles. The zero-order valence-electron chi connectivity index (χ0n) is 18.9. The average molecular weight is 425 g/mol. The van der Waals surface area contributed by atoms with Crippen LogP contribution in [0.3, 0.4) is 0 Å². The summed E-state index contributed by atoms with van der Waals surface area (Å²) < 4.78 is 21.8. The van der Waals surface area contributed by atoms with Crippen molar-refractivity contribution in [3.05, 3.63) is 0 Å². The van der Waals surface area contributed by atoms with Gasteiger partial charge in [-0.3, -0.25) is 9.59 Å². The van der Waals surface area contributed by atoms with E-state index in [0.29, 0.717) is 25.7 Å². The molecular formula is C24H37FO5. The van der Waals surface area contributed by atoms with Crippen LogP contribution in [0.1, 0.15) is 79.6 Å². The van der Waals surface area contributed by atoms with Crippen molar-refractivity contribution in [2.75, 3.05) is 0 Å². The predicted octanol–water partition coefficient (Wildman–Crippen LogP) is 3.59. The van der Waals surface area contributed by atoms with Crippen LogP contribution in [0.25, 0.3) is 0 Å². The third-order valence-corrected chi connectivity index (χ3v) is 10.2. The number of ether oxygens (including phenoxy) is 1. The number of carbonyl (C=O) groups is 2. The van der Waals surface area contributed by atoms with Crippen molar-refractivity contribution in [3.63, 3.8) is 0 Å². The fraction of sp³-hybridized carbons (Fsp3) is 0.917. The lowest BCUT2D eigenvalue weighted by Gasteiger charge is -2.65. The molecule has 4 fully saturated rings. The summed E-state index contributed by atoms with van der Waals surface area (Å²) in [7, 11) is 0. The quantitative estimate of drug-likeness (QED) is 0.662. The Morgan fingerprint density at radius 1 is 1.03 bits per heavy atom. The van der Waals surface area contributed by atoms with Gasteiger partial charge in [0, 0.05) is 24.2 Å². The molecule has 0 heterocycles. The van der Waals surface area contributed by atoms with Gasteiger partial charge in [-0.2, -0.15) is 0 Å². The third-order valence-electron chi connectivity index (χ3n) is 10.2. The maximum Gasteiger partial charge on any atom is 0.303 e. The molecule has 170 valence electrons. The molecule has 0 unspecified atom stereocenters. The lowest BCUT2D eigenvalue weighted by atomic mass is 9.42. The number of aliphatic hydroxyl groups excluding tert-OH is 1. The van der Waals surface area contributed by atoms with Crippen LogP contribution in [0.5, 0.6) is 0 Å². The number of halogens is 1. The van der Waals surface area contributed by atoms with Gasteiger partial charge < -0.3 is 14.9 Å². The van der Waals surface area contributed by atoms with Gasteiger partial charge in [0.2, 0.25) is 0 Å². The van der Waals surface area contributed by atoms with Crippen molar-refractivity contribution in [2.45, 2.75) is 103 Å². The summed E-state index contributed by atoms with van der Waals surface area (Å²) in [6.45, 7) is 8.80. The maximum absolute atomic E-state index is 16.0. The van der Waals surface area contributed by atoms with Crippen LogP contribution in [-0.4, -0.2) is 45.4 Å². The minimum Gasteiger partial charge on any atom is -0.455 e. The van der Waals surface area contributed by atoms with Crippen LogP contribution < -0.4 is 0 Å². The van der Waals surface area contributed by atoms with Gasteiger partial charge in [0.1, 0.15) is 11.8 Å². The van der Waals surface area contributed by atoms with Gasteiger partial charge in [-0.1, -0.05) is 20.8 Å². The van der Waals surface area contributed by atoms with Crippen LogP contribution >= 0.6 is 0 Å². The Bertz CT molecular complexity index is 756. The molecule has 4 rings (SSSR count). The molecule has 4 aliphatic carbocycles. The fourth-order valence-electron chi connectivity index (χ4n) is 8.76. The summed E-state index contributed by atoms with van der Waals surface area (Å²) in [6, 6.07) is 0. The Hall–Kier alpha value is -1.01. The maximum atomic E-state index is 16.0. The second kappa shape index (κ2) is 6.74. The summed E-state index contributed by atoms with van der Waals surface area (Å²) in [6.07, 6.45) is 1.71. The first-order valence-electron chi connectivity index (χ1n) is 11.6. The van der Waals surface area contributed by atoms with Crippen molar-refractivity contribution < 1.29 is 28.9 Å². The minimum absolute atomic E-state index is 0.0264. The van der Waals surface area contributed by atoms with Gasteiger partial charge in [-0.05, 0) is 69.1 Å². The molecule has 6 heteroatoms. The van der Waals surface area contributed by atoms with E-state index in [4.69, 9.17) is 4.74 Å². The highest BCUT2D eigenvalue weighted by molar-refractivity contribution is 5.86. The van der Waals surface area contributed by atoms with E-state index in [-0.39, 0.29) is 42.3 Å². The standard InChI is InChI=1S/C24H37FO5/c1-13-10-19-17-11-20(25)23(30-15(3)27)12-16(28)6-8-21(23,4)18(17)7-9-22(19,5)24(13,29)14(2)26/h13,16-20,28-29H,6-12H2,1-5H3/t13-,16+,17-,18+,19+,20-,21-,22+,23+,24+/m1/s1. The molecule has 30 heavy (non-hydrogen) atoms. The number of hydrogen-bond acceptors (Lipinski definition) is 5. The number of esters is 1. The number of fused-ring (bicyclic) bond motifs is 5. The van der Waals surface area contributed by atoms with Gasteiger partial charge in [0.05, 0.1) is 6.10 Å². The van der Waals surface area contributed by atoms with Gasteiger partial charge in [0.15, 0.2) is 11.4 Å². The molecule has 0 radical (unpaired) electrons. The van der Waals surface area contributed by atoms with E-state index in [9.17, 15) is 19.8 Å². The SMILES string of the molecule is CC(=O)O[C@]12C[C@@H](O)CC[C@]1(C)[C@H]1CC[C@@]3(C)[C@@H](C[C@@H](C)[C@]3(O)C(C)=O)[C@@H]1C[C@H]2F. The lowest BCUT2D eigenvalue weighted by molar-refractivity contribution is -0.264. The first-order chi connectivity index (χ1) is 13.8. The second-order valence-corrected chi connectivity index (χ2v) is 11.3. The van der Waals surface area contributed by atoms with Crippen molar-refractivity contribution >= 4 is 11.8 Å². The fourth-order valence-corrected chi connectivity index (χ4v) is 8.76. The average Bonchev–Trinajstić information content (AvgIpc) is 2.85. The Kier molecular flexibility index (Phi) is 4.99. The van der Waals surface area contributed by atoms with E-state index >= 15 is 4.39 Å². The topological polar surface area (TPSA) is 83.8 Å². The zero-order valence-corrected chi connectivity index (χ0v) is 18.9. The van der Waals surface area contributed by atoms with Crippen LogP contribution in [-0.2, 0) is 14.3 Å². The van der Waals surface area contributed by atoms with Crippen molar-refractivity contribution in [2.24, 2.45) is 34.5 Å². The number of aliphatic hydroxyl groups is 2. The number of ketones is 1. The summed E-state index contributed by atoms with van der Waals surface area (Å²) in [4.78, 5) is 24.6. The Labute approximate surface area is 178 Å². The molecule has 0 amide bonds. The largest absolute Gasteiger partial charge is 0.455 e. The van der Waals surface area contributed by atoms with Crippen LogP contribution in [0.2, 0.25) is 0 Å². The van der Waals surface area contributed by atoms with Crippen LogP contribution in [0, 0.1) is 34.5 Å². The number of rotatable bonds is 2. The van der Waals surface area contributed by atoms with E-state index < -0.39 is 40.3 Å². The van der Waals surface area contributed by atoms with Crippen molar-refractivity contribution in [1.82, 2.24) is 0 Å². The summed E-state index contributed by atoms with van der Waals surface area (Å²) in [5.74, 6) is -0.639. The highest BCUT2D eigenvalue weighted by atomic mass is 19.1. The molecule has 0 spiro atoms. The first-order valence-corrected chi connectivity index (χ1v) is 11.6. The summed E-state index contributed by atoms with van der Waals surface area (Å²) >= 11 is 0. The molecule has 5 nitrogen and oxygen atoms in total. The molecular weight excluding hydrogens is 387 g/mol. The first kappa shape index (κ1) is 22.2. The molecule has 10 atom stereocenters. The third kappa shape index (κ3) is 2.52. The Balaban J connectivity index is 1.77. The van der Waals surface area contributed by atoms with E-state index in [2.05, 4.69) is 0 Å². The van der Waals surface area contributed by atoms with Crippen LogP contribution in [0.4, 0.5) is 4.39 Å². The number of Topliss-reactive ketones (excluding diaryl/α,β-unsaturated/α-hetero) is 1. The molecule has 0 bridgehead atoms.